The van der Waals surface area contributed by atoms with Crippen molar-refractivity contribution in [2.75, 3.05) is 0 Å². The highest BCUT2D eigenvalue weighted by Gasteiger charge is 2.02. The van der Waals surface area contributed by atoms with E-state index in [2.05, 4.69) is 16.8 Å². The van der Waals surface area contributed by atoms with Gasteiger partial charge < -0.3 is 4.42 Å². The van der Waals surface area contributed by atoms with E-state index in [1.807, 2.05) is 37.3 Å². The van der Waals surface area contributed by atoms with Gasteiger partial charge in [0, 0.05) is 10.6 Å². The number of aryl methyl sites for hydroxylation is 1. The van der Waals surface area contributed by atoms with Crippen molar-refractivity contribution in [2.45, 2.75) is 6.92 Å². The first-order valence-electron chi connectivity index (χ1n) is 5.85. The lowest BCUT2D eigenvalue weighted by Gasteiger charge is -1.88. The molecule has 3 rings (SSSR count). The summed E-state index contributed by atoms with van der Waals surface area (Å²) in [6.45, 7) is 2.02. The first kappa shape index (κ1) is 11.8. The van der Waals surface area contributed by atoms with Crippen molar-refractivity contribution >= 4 is 22.7 Å². The molecule has 0 aliphatic carbocycles. The molecule has 0 radical (unpaired) electrons. The molecule has 0 atom stereocenters. The highest BCUT2D eigenvalue weighted by atomic mass is 35.5. The predicted octanol–water partition coefficient (Wildman–Crippen LogP) is 4.19. The van der Waals surface area contributed by atoms with E-state index in [0.29, 0.717) is 10.9 Å². The molecule has 3 aromatic rings. The minimum atomic E-state index is 0.426. The number of hydrogen-bond acceptors (Lipinski definition) is 2. The maximum absolute atomic E-state index is 5.82. The van der Waals surface area contributed by atoms with Crippen molar-refractivity contribution in [3.05, 3.63) is 64.5 Å². The average Bonchev–Trinajstić information content (AvgIpc) is 2.80. The fourth-order valence-electron chi connectivity index (χ4n) is 1.75. The Morgan fingerprint density at radius 2 is 1.84 bits per heavy atom. The van der Waals surface area contributed by atoms with E-state index in [-0.39, 0.29) is 0 Å². The summed E-state index contributed by atoms with van der Waals surface area (Å²) in [7, 11) is 0. The van der Waals surface area contributed by atoms with Crippen LogP contribution in [-0.4, -0.2) is 4.98 Å². The van der Waals surface area contributed by atoms with Crippen LogP contribution in [0.5, 0.6) is 0 Å². The molecule has 0 unspecified atom stereocenters. The number of nitrogens with zero attached hydrogens (tertiary/aromatic N) is 1. The van der Waals surface area contributed by atoms with Crippen LogP contribution < -0.4 is 0 Å². The van der Waals surface area contributed by atoms with E-state index < -0.39 is 0 Å². The molecule has 19 heavy (non-hydrogen) atoms. The summed E-state index contributed by atoms with van der Waals surface area (Å²) in [5.41, 5.74) is 3.62. The van der Waals surface area contributed by atoms with Crippen LogP contribution in [0.4, 0.5) is 0 Å². The third-order valence-electron chi connectivity index (χ3n) is 2.70. The van der Waals surface area contributed by atoms with Gasteiger partial charge in [-0.05, 0) is 54.8 Å². The van der Waals surface area contributed by atoms with Crippen LogP contribution in [-0.2, 0) is 0 Å². The second kappa shape index (κ2) is 4.79. The second-order valence-corrected chi connectivity index (χ2v) is 4.68. The van der Waals surface area contributed by atoms with Crippen LogP contribution in [0.25, 0.3) is 11.1 Å². The predicted molar refractivity (Wildman–Crippen MR) is 76.2 cm³/mol. The van der Waals surface area contributed by atoms with Crippen molar-refractivity contribution in [2.24, 2.45) is 0 Å². The quantitative estimate of drug-likeness (QED) is 0.571. The van der Waals surface area contributed by atoms with Crippen molar-refractivity contribution < 1.29 is 4.42 Å². The number of hydrogen-bond donors (Lipinski definition) is 0. The van der Waals surface area contributed by atoms with E-state index in [1.54, 1.807) is 12.1 Å². The molecule has 0 bridgehead atoms. The molecular weight excluding hydrogens is 258 g/mol. The molecule has 0 amide bonds. The van der Waals surface area contributed by atoms with E-state index in [0.717, 1.165) is 22.2 Å². The number of oxazole rings is 1. The first-order valence-corrected chi connectivity index (χ1v) is 6.23. The fraction of sp³-hybridized carbons (Fsp3) is 0.0625. The van der Waals surface area contributed by atoms with Gasteiger partial charge in [-0.3, -0.25) is 0 Å². The SMILES string of the molecule is Cc1ccc2oc(C#Cc3ccc(Cl)cc3)nc2c1. The molecule has 0 N–H and O–H groups in total. The van der Waals surface area contributed by atoms with Gasteiger partial charge in [0.25, 0.3) is 5.89 Å². The minimum Gasteiger partial charge on any atom is -0.430 e. The van der Waals surface area contributed by atoms with E-state index >= 15 is 0 Å². The smallest absolute Gasteiger partial charge is 0.274 e. The van der Waals surface area contributed by atoms with Gasteiger partial charge in [0.15, 0.2) is 5.58 Å². The molecule has 0 saturated heterocycles. The number of halogens is 1. The molecule has 2 nitrogen and oxygen atoms in total. The maximum atomic E-state index is 5.82. The molecule has 3 heteroatoms. The van der Waals surface area contributed by atoms with Crippen molar-refractivity contribution in [3.63, 3.8) is 0 Å². The third-order valence-corrected chi connectivity index (χ3v) is 2.95. The van der Waals surface area contributed by atoms with Crippen molar-refractivity contribution in [1.29, 1.82) is 0 Å². The fourth-order valence-corrected chi connectivity index (χ4v) is 1.88. The van der Waals surface area contributed by atoms with E-state index in [4.69, 9.17) is 16.0 Å². The van der Waals surface area contributed by atoms with Gasteiger partial charge in [-0.25, -0.2) is 4.98 Å². The average molecular weight is 268 g/mol. The van der Waals surface area contributed by atoms with Gasteiger partial charge in [0.1, 0.15) is 5.52 Å². The Labute approximate surface area is 116 Å². The number of rotatable bonds is 0. The lowest BCUT2D eigenvalue weighted by atomic mass is 10.2. The van der Waals surface area contributed by atoms with Gasteiger partial charge in [0.05, 0.1) is 0 Å². The van der Waals surface area contributed by atoms with Crippen molar-refractivity contribution in [3.8, 4) is 11.8 Å². The highest BCUT2D eigenvalue weighted by molar-refractivity contribution is 6.30. The van der Waals surface area contributed by atoms with Crippen LogP contribution in [0.2, 0.25) is 5.02 Å². The monoisotopic (exact) mass is 267 g/mol. The molecule has 0 aliphatic rings. The Morgan fingerprint density at radius 1 is 1.05 bits per heavy atom. The Kier molecular flexibility index (Phi) is 2.98. The van der Waals surface area contributed by atoms with Crippen LogP contribution in [0, 0.1) is 18.8 Å². The summed E-state index contributed by atoms with van der Waals surface area (Å²) in [6.07, 6.45) is 0. The Bertz CT molecular complexity index is 791. The van der Waals surface area contributed by atoms with Gasteiger partial charge >= 0.3 is 0 Å². The normalized spacial score (nSPS) is 10.2. The first-order chi connectivity index (χ1) is 9.20. The topological polar surface area (TPSA) is 26.0 Å². The van der Waals surface area contributed by atoms with Crippen LogP contribution in [0.1, 0.15) is 17.0 Å². The minimum absolute atomic E-state index is 0.426. The summed E-state index contributed by atoms with van der Waals surface area (Å²) < 4.78 is 5.56. The number of fused-ring (bicyclic) bond motifs is 1. The molecule has 0 fully saturated rings. The lowest BCUT2D eigenvalue weighted by Crippen LogP contribution is -1.75. The van der Waals surface area contributed by atoms with Crippen LogP contribution >= 0.6 is 11.6 Å². The maximum Gasteiger partial charge on any atom is 0.274 e. The zero-order chi connectivity index (χ0) is 13.2. The van der Waals surface area contributed by atoms with Gasteiger partial charge in [-0.15, -0.1) is 0 Å². The van der Waals surface area contributed by atoms with E-state index in [1.165, 1.54) is 0 Å². The standard InChI is InChI=1S/C16H10ClNO/c1-11-2-8-15-14(10-11)18-16(19-15)9-5-12-3-6-13(17)7-4-12/h2-4,6-8,10H,1H3. The largest absolute Gasteiger partial charge is 0.430 e. The lowest BCUT2D eigenvalue weighted by molar-refractivity contribution is 0.586. The third kappa shape index (κ3) is 2.62. The summed E-state index contributed by atoms with van der Waals surface area (Å²) in [5, 5.41) is 0.697. The molecule has 0 spiro atoms. The van der Waals surface area contributed by atoms with Gasteiger partial charge in [0.2, 0.25) is 0 Å². The van der Waals surface area contributed by atoms with Crippen LogP contribution in [0.3, 0.4) is 0 Å². The van der Waals surface area contributed by atoms with Gasteiger partial charge in [-0.2, -0.15) is 0 Å². The molecule has 0 aliphatic heterocycles. The molecule has 92 valence electrons. The molecular formula is C16H10ClNO. The number of benzene rings is 2. The molecule has 1 aromatic heterocycles. The van der Waals surface area contributed by atoms with E-state index in [9.17, 15) is 0 Å². The highest BCUT2D eigenvalue weighted by Crippen LogP contribution is 2.16. The zero-order valence-electron chi connectivity index (χ0n) is 10.3. The Hall–Kier alpha value is -2.24. The zero-order valence-corrected chi connectivity index (χ0v) is 11.0. The van der Waals surface area contributed by atoms with Crippen molar-refractivity contribution in [1.82, 2.24) is 4.98 Å². The summed E-state index contributed by atoms with van der Waals surface area (Å²) in [5.74, 6) is 6.34. The summed E-state index contributed by atoms with van der Waals surface area (Å²) in [6, 6.07) is 13.2. The molecule has 2 aromatic carbocycles. The van der Waals surface area contributed by atoms with Gasteiger partial charge in [-0.1, -0.05) is 23.6 Å². The molecule has 0 saturated carbocycles. The Morgan fingerprint density at radius 3 is 2.63 bits per heavy atom. The number of aromatic nitrogens is 1. The van der Waals surface area contributed by atoms with Crippen LogP contribution in [0.15, 0.2) is 46.9 Å². The summed E-state index contributed by atoms with van der Waals surface area (Å²) in [4.78, 5) is 4.34. The second-order valence-electron chi connectivity index (χ2n) is 4.25. The molecule has 1 heterocycles. The Balaban J connectivity index is 1.95. The summed E-state index contributed by atoms with van der Waals surface area (Å²) >= 11 is 5.82.